The molecule has 0 radical (unpaired) electrons. The number of nitrogens with zero attached hydrogens (tertiary/aromatic N) is 1. The van der Waals surface area contributed by atoms with Gasteiger partial charge in [0.25, 0.3) is 0 Å². The second kappa shape index (κ2) is 7.41. The van der Waals surface area contributed by atoms with Gasteiger partial charge in [-0.2, -0.15) is 0 Å². The Hall–Kier alpha value is -0.610. The number of amides is 1. The molecule has 1 saturated heterocycles. The van der Waals surface area contributed by atoms with Crippen LogP contribution in [0.25, 0.3) is 0 Å². The Morgan fingerprint density at radius 3 is 2.50 bits per heavy atom. The summed E-state index contributed by atoms with van der Waals surface area (Å²) >= 11 is 0. The van der Waals surface area contributed by atoms with Gasteiger partial charge in [0, 0.05) is 25.0 Å². The van der Waals surface area contributed by atoms with Gasteiger partial charge in [-0.3, -0.25) is 4.79 Å². The van der Waals surface area contributed by atoms with Gasteiger partial charge in [0.1, 0.15) is 0 Å². The molecule has 0 aromatic rings. The summed E-state index contributed by atoms with van der Waals surface area (Å²) in [5, 5.41) is 3.08. The first kappa shape index (κ1) is 15.8. The average Bonchev–Trinajstić information content (AvgIpc) is 2.84. The summed E-state index contributed by atoms with van der Waals surface area (Å²) < 4.78 is 0. The fraction of sp³-hybridized carbons (Fsp3) is 0.938. The lowest BCUT2D eigenvalue weighted by molar-refractivity contribution is -0.122. The van der Waals surface area contributed by atoms with E-state index in [4.69, 9.17) is 5.73 Å². The van der Waals surface area contributed by atoms with E-state index < -0.39 is 0 Å². The molecule has 2 rings (SSSR count). The van der Waals surface area contributed by atoms with Crippen molar-refractivity contribution in [3.63, 3.8) is 0 Å². The molecule has 0 aromatic heterocycles. The van der Waals surface area contributed by atoms with Crippen molar-refractivity contribution in [2.24, 2.45) is 11.7 Å². The highest BCUT2D eigenvalue weighted by Crippen LogP contribution is 2.29. The first-order valence-corrected chi connectivity index (χ1v) is 8.35. The number of hydrogen-bond acceptors (Lipinski definition) is 3. The Kier molecular flexibility index (Phi) is 5.85. The molecule has 1 saturated carbocycles. The summed E-state index contributed by atoms with van der Waals surface area (Å²) in [6.45, 7) is 6.57. The Balaban J connectivity index is 1.62. The number of rotatable bonds is 6. The summed E-state index contributed by atoms with van der Waals surface area (Å²) in [6.07, 6.45) is 8.89. The van der Waals surface area contributed by atoms with Crippen molar-refractivity contribution >= 4 is 5.91 Å². The van der Waals surface area contributed by atoms with Crippen molar-refractivity contribution in [2.75, 3.05) is 26.2 Å². The molecule has 1 amide bonds. The summed E-state index contributed by atoms with van der Waals surface area (Å²) in [6, 6.07) is 0. The van der Waals surface area contributed by atoms with E-state index in [0.29, 0.717) is 12.3 Å². The number of nitrogens with two attached hydrogens (primary N) is 1. The molecule has 116 valence electrons. The first-order valence-electron chi connectivity index (χ1n) is 8.35. The molecule has 2 aliphatic rings. The highest BCUT2D eigenvalue weighted by molar-refractivity contribution is 5.77. The van der Waals surface area contributed by atoms with Crippen LogP contribution in [0.4, 0.5) is 0 Å². The van der Waals surface area contributed by atoms with E-state index in [9.17, 15) is 4.79 Å². The lowest BCUT2D eigenvalue weighted by atomic mass is 9.94. The smallest absolute Gasteiger partial charge is 0.221 e. The van der Waals surface area contributed by atoms with Gasteiger partial charge >= 0.3 is 0 Å². The van der Waals surface area contributed by atoms with E-state index >= 15 is 0 Å². The third kappa shape index (κ3) is 5.06. The third-order valence-electron chi connectivity index (χ3n) is 4.78. The second-order valence-electron chi connectivity index (χ2n) is 7.02. The van der Waals surface area contributed by atoms with Crippen molar-refractivity contribution < 1.29 is 4.79 Å². The van der Waals surface area contributed by atoms with E-state index in [-0.39, 0.29) is 11.4 Å². The molecule has 4 nitrogen and oxygen atoms in total. The number of hydrogen-bond donors (Lipinski definition) is 2. The highest BCUT2D eigenvalue weighted by Gasteiger charge is 2.31. The van der Waals surface area contributed by atoms with Gasteiger partial charge in [-0.15, -0.1) is 0 Å². The fourth-order valence-electron chi connectivity index (χ4n) is 3.57. The van der Waals surface area contributed by atoms with Crippen molar-refractivity contribution in [3.8, 4) is 0 Å². The molecular weight excluding hydrogens is 250 g/mol. The van der Waals surface area contributed by atoms with Gasteiger partial charge in [0.05, 0.1) is 0 Å². The quantitative estimate of drug-likeness (QED) is 0.781. The summed E-state index contributed by atoms with van der Waals surface area (Å²) in [4.78, 5) is 14.5. The van der Waals surface area contributed by atoms with Gasteiger partial charge < -0.3 is 16.0 Å². The van der Waals surface area contributed by atoms with E-state index in [1.165, 1.54) is 45.2 Å². The van der Waals surface area contributed by atoms with Crippen LogP contribution in [-0.4, -0.2) is 42.5 Å². The van der Waals surface area contributed by atoms with Crippen molar-refractivity contribution in [1.82, 2.24) is 10.2 Å². The van der Waals surface area contributed by atoms with Gasteiger partial charge in [0.2, 0.25) is 5.91 Å². The maximum absolute atomic E-state index is 12.0. The zero-order chi connectivity index (χ0) is 14.4. The predicted molar refractivity (Wildman–Crippen MR) is 82.5 cm³/mol. The number of nitrogens with one attached hydrogen (secondary N) is 1. The van der Waals surface area contributed by atoms with Crippen LogP contribution in [0.3, 0.4) is 0 Å². The Morgan fingerprint density at radius 2 is 1.85 bits per heavy atom. The zero-order valence-corrected chi connectivity index (χ0v) is 13.0. The normalized spacial score (nSPS) is 24.5. The molecule has 1 aliphatic carbocycles. The van der Waals surface area contributed by atoms with Gasteiger partial charge in [-0.25, -0.2) is 0 Å². The molecule has 0 spiro atoms. The van der Waals surface area contributed by atoms with Crippen LogP contribution < -0.4 is 11.1 Å². The molecule has 2 fully saturated rings. The summed E-state index contributed by atoms with van der Waals surface area (Å²) in [5.41, 5.74) is 6.02. The molecule has 1 aliphatic heterocycles. The highest BCUT2D eigenvalue weighted by atomic mass is 16.1. The topological polar surface area (TPSA) is 58.4 Å². The van der Waals surface area contributed by atoms with Crippen LogP contribution in [-0.2, 0) is 4.79 Å². The maximum atomic E-state index is 12.0. The van der Waals surface area contributed by atoms with Crippen LogP contribution in [0, 0.1) is 5.92 Å². The van der Waals surface area contributed by atoms with Crippen LogP contribution in [0.5, 0.6) is 0 Å². The molecule has 20 heavy (non-hydrogen) atoms. The molecule has 1 heterocycles. The fourth-order valence-corrected chi connectivity index (χ4v) is 3.57. The van der Waals surface area contributed by atoms with E-state index in [1.54, 1.807) is 0 Å². The molecule has 1 unspecified atom stereocenters. The van der Waals surface area contributed by atoms with Gasteiger partial charge in [-0.1, -0.05) is 26.2 Å². The predicted octanol–water partition coefficient (Wildman–Crippen LogP) is 1.89. The van der Waals surface area contributed by atoms with Crippen LogP contribution in [0.1, 0.15) is 58.3 Å². The third-order valence-corrected chi connectivity index (χ3v) is 4.78. The summed E-state index contributed by atoms with van der Waals surface area (Å²) in [5.74, 6) is 0.661. The molecule has 4 heteroatoms. The van der Waals surface area contributed by atoms with Crippen molar-refractivity contribution in [1.29, 1.82) is 0 Å². The monoisotopic (exact) mass is 281 g/mol. The number of likely N-dealkylation sites (tertiary alicyclic amines) is 1. The standard InChI is InChI=1S/C16H31N3O/c1-14(13-19-9-5-2-6-10-19)12-18-15(20)11-16(17)7-3-4-8-16/h14H,2-13,17H2,1H3,(H,18,20). The van der Waals surface area contributed by atoms with E-state index in [1.807, 2.05) is 0 Å². The SMILES string of the molecule is CC(CNC(=O)CC1(N)CCCC1)CN1CCCCC1. The Labute approximate surface area is 123 Å². The Morgan fingerprint density at radius 1 is 1.20 bits per heavy atom. The lowest BCUT2D eigenvalue weighted by Gasteiger charge is -2.29. The van der Waals surface area contributed by atoms with E-state index in [2.05, 4.69) is 17.1 Å². The number of carbonyl (C=O) groups is 1. The maximum Gasteiger partial charge on any atom is 0.221 e. The number of carbonyl (C=O) groups excluding carboxylic acids is 1. The van der Waals surface area contributed by atoms with Crippen molar-refractivity contribution in [3.05, 3.63) is 0 Å². The molecule has 0 bridgehead atoms. The second-order valence-corrected chi connectivity index (χ2v) is 7.02. The minimum absolute atomic E-state index is 0.139. The summed E-state index contributed by atoms with van der Waals surface area (Å²) in [7, 11) is 0. The largest absolute Gasteiger partial charge is 0.356 e. The molecule has 0 aromatic carbocycles. The van der Waals surface area contributed by atoms with E-state index in [0.717, 1.165) is 25.9 Å². The first-order chi connectivity index (χ1) is 9.57. The number of piperidine rings is 1. The van der Waals surface area contributed by atoms with Gasteiger partial charge in [-0.05, 0) is 44.7 Å². The average molecular weight is 281 g/mol. The zero-order valence-electron chi connectivity index (χ0n) is 13.0. The molecule has 1 atom stereocenters. The minimum atomic E-state index is -0.222. The van der Waals surface area contributed by atoms with Crippen LogP contribution >= 0.6 is 0 Å². The van der Waals surface area contributed by atoms with Crippen molar-refractivity contribution in [2.45, 2.75) is 63.8 Å². The van der Waals surface area contributed by atoms with Crippen LogP contribution in [0.2, 0.25) is 0 Å². The minimum Gasteiger partial charge on any atom is -0.356 e. The molecule has 3 N–H and O–H groups in total. The van der Waals surface area contributed by atoms with Gasteiger partial charge in [0.15, 0.2) is 0 Å². The molecular formula is C16H31N3O. The van der Waals surface area contributed by atoms with Crippen LogP contribution in [0.15, 0.2) is 0 Å². The lowest BCUT2D eigenvalue weighted by Crippen LogP contribution is -2.44. The Bertz CT molecular complexity index is 307.